The van der Waals surface area contributed by atoms with Gasteiger partial charge >= 0.3 is 6.01 Å². The zero-order valence-corrected chi connectivity index (χ0v) is 20.4. The number of methoxy groups -OCH3 is 1. The monoisotopic (exact) mass is 472 g/mol. The summed E-state index contributed by atoms with van der Waals surface area (Å²) in [6.07, 6.45) is 7.28. The number of nitrogens with zero attached hydrogens (tertiary/aromatic N) is 5. The number of rotatable bonds is 7. The minimum Gasteiger partial charge on any atom is -0.495 e. The van der Waals surface area contributed by atoms with Crippen LogP contribution in [0.2, 0.25) is 5.02 Å². The van der Waals surface area contributed by atoms with Gasteiger partial charge in [0.05, 0.1) is 12.1 Å². The molecule has 2 aromatic rings. The molecule has 2 aliphatic carbocycles. The molecule has 2 saturated carbocycles. The summed E-state index contributed by atoms with van der Waals surface area (Å²) in [5.74, 6) is 3.15. The van der Waals surface area contributed by atoms with Gasteiger partial charge < -0.3 is 24.6 Å². The highest BCUT2D eigenvalue weighted by Crippen LogP contribution is 2.45. The Hall–Kier alpha value is -2.32. The highest BCUT2D eigenvalue weighted by molar-refractivity contribution is 6.32. The molecule has 178 valence electrons. The molecule has 1 aromatic carbocycles. The van der Waals surface area contributed by atoms with Crippen molar-refractivity contribution in [3.8, 4) is 11.8 Å². The average Bonchev–Trinajstić information content (AvgIpc) is 3.43. The van der Waals surface area contributed by atoms with Crippen LogP contribution in [0.4, 0.5) is 17.6 Å². The van der Waals surface area contributed by atoms with E-state index in [4.69, 9.17) is 31.0 Å². The number of aromatic nitrogens is 3. The molecular weight excluding hydrogens is 440 g/mol. The third-order valence-corrected chi connectivity index (χ3v) is 7.70. The van der Waals surface area contributed by atoms with Crippen LogP contribution in [-0.4, -0.2) is 66.3 Å². The Morgan fingerprint density at radius 1 is 1.09 bits per heavy atom. The van der Waals surface area contributed by atoms with Gasteiger partial charge in [-0.3, -0.25) is 0 Å². The first kappa shape index (κ1) is 22.5. The van der Waals surface area contributed by atoms with Crippen LogP contribution in [0.25, 0.3) is 0 Å². The van der Waals surface area contributed by atoms with Gasteiger partial charge in [-0.15, -0.1) is 0 Å². The molecule has 2 heterocycles. The third kappa shape index (κ3) is 4.96. The molecule has 3 unspecified atom stereocenters. The first-order valence-electron chi connectivity index (χ1n) is 11.9. The Balaban J connectivity index is 1.40. The molecule has 0 spiro atoms. The maximum absolute atomic E-state index is 6.37. The predicted molar refractivity (Wildman–Crippen MR) is 130 cm³/mol. The lowest BCUT2D eigenvalue weighted by molar-refractivity contribution is 0.126. The summed E-state index contributed by atoms with van der Waals surface area (Å²) in [4.78, 5) is 18.4. The summed E-state index contributed by atoms with van der Waals surface area (Å²) in [6.45, 7) is 2.13. The van der Waals surface area contributed by atoms with E-state index in [1.807, 2.05) is 30.1 Å². The van der Waals surface area contributed by atoms with Gasteiger partial charge in [0.15, 0.2) is 0 Å². The molecule has 1 aliphatic heterocycles. The number of nitrogens with one attached hydrogen (secondary N) is 1. The Morgan fingerprint density at radius 3 is 2.58 bits per heavy atom. The third-order valence-electron chi connectivity index (χ3n) is 7.41. The van der Waals surface area contributed by atoms with Gasteiger partial charge in [0.2, 0.25) is 11.9 Å². The maximum Gasteiger partial charge on any atom is 0.323 e. The molecule has 1 N–H and O–H groups in total. The quantitative estimate of drug-likeness (QED) is 0.636. The highest BCUT2D eigenvalue weighted by Gasteiger charge is 2.41. The molecule has 5 rings (SSSR count). The van der Waals surface area contributed by atoms with Gasteiger partial charge in [-0.1, -0.05) is 11.6 Å². The van der Waals surface area contributed by atoms with Crippen molar-refractivity contribution in [1.29, 1.82) is 0 Å². The number of hydrogen-bond acceptors (Lipinski definition) is 8. The van der Waals surface area contributed by atoms with Crippen molar-refractivity contribution in [2.75, 3.05) is 44.5 Å². The smallest absolute Gasteiger partial charge is 0.323 e. The fourth-order valence-electron chi connectivity index (χ4n) is 5.39. The van der Waals surface area contributed by atoms with Crippen molar-refractivity contribution in [2.45, 2.75) is 50.7 Å². The number of likely N-dealkylation sites (tertiary alicyclic amines) is 1. The number of piperidine rings is 1. The molecule has 0 amide bonds. The van der Waals surface area contributed by atoms with Crippen molar-refractivity contribution < 1.29 is 9.47 Å². The van der Waals surface area contributed by atoms with E-state index in [0.717, 1.165) is 44.0 Å². The van der Waals surface area contributed by atoms with Crippen molar-refractivity contribution in [3.05, 3.63) is 23.2 Å². The van der Waals surface area contributed by atoms with Gasteiger partial charge in [-0.25, -0.2) is 0 Å². The highest BCUT2D eigenvalue weighted by atomic mass is 35.5. The van der Waals surface area contributed by atoms with E-state index >= 15 is 0 Å². The van der Waals surface area contributed by atoms with Crippen LogP contribution in [0, 0.1) is 11.8 Å². The molecule has 9 heteroatoms. The predicted octanol–water partition coefficient (Wildman–Crippen LogP) is 4.38. The van der Waals surface area contributed by atoms with Gasteiger partial charge in [0.25, 0.3) is 0 Å². The lowest BCUT2D eigenvalue weighted by Gasteiger charge is -2.30. The van der Waals surface area contributed by atoms with E-state index < -0.39 is 0 Å². The molecule has 1 saturated heterocycles. The fourth-order valence-corrected chi connectivity index (χ4v) is 5.65. The van der Waals surface area contributed by atoms with E-state index in [1.54, 1.807) is 7.11 Å². The van der Waals surface area contributed by atoms with E-state index in [0.29, 0.717) is 40.6 Å². The van der Waals surface area contributed by atoms with E-state index in [1.165, 1.54) is 19.3 Å². The minimum absolute atomic E-state index is 0.205. The lowest BCUT2D eigenvalue weighted by Crippen LogP contribution is -2.37. The van der Waals surface area contributed by atoms with E-state index in [9.17, 15) is 0 Å². The van der Waals surface area contributed by atoms with Gasteiger partial charge in [-0.2, -0.15) is 15.0 Å². The molecule has 1 aromatic heterocycles. The summed E-state index contributed by atoms with van der Waals surface area (Å²) in [5, 5.41) is 4.08. The van der Waals surface area contributed by atoms with E-state index in [-0.39, 0.29) is 6.10 Å². The number of ether oxygens (including phenoxy) is 2. The lowest BCUT2D eigenvalue weighted by atomic mass is 9.98. The summed E-state index contributed by atoms with van der Waals surface area (Å²) in [7, 11) is 5.69. The SMILES string of the molecule is COc1ccc(N(C)c2nc(NC3CCN(C)CC3)nc(OC3CC4CCC3C4)n2)cc1Cl. The standard InChI is InChI=1S/C24H33ClN6O2/c1-30-10-8-17(9-11-30)26-22-27-23(31(2)18-6-7-20(32-3)19(25)14-18)29-24(28-22)33-21-13-15-4-5-16(21)12-15/h6-7,14-17,21H,4-5,8-13H2,1-3H3,(H,26,27,28,29). The van der Waals surface area contributed by atoms with Crippen LogP contribution in [0.15, 0.2) is 18.2 Å². The first-order chi connectivity index (χ1) is 16.0. The summed E-state index contributed by atoms with van der Waals surface area (Å²) >= 11 is 6.37. The van der Waals surface area contributed by atoms with Crippen molar-refractivity contribution >= 4 is 29.2 Å². The van der Waals surface area contributed by atoms with Gasteiger partial charge in [0, 0.05) is 18.8 Å². The van der Waals surface area contributed by atoms with Crippen molar-refractivity contribution in [1.82, 2.24) is 19.9 Å². The molecule has 8 nitrogen and oxygen atoms in total. The number of benzene rings is 1. The zero-order chi connectivity index (χ0) is 22.9. The second-order valence-corrected chi connectivity index (χ2v) is 10.1. The molecule has 2 bridgehead atoms. The normalized spacial score (nSPS) is 25.3. The number of halogens is 1. The Kier molecular flexibility index (Phi) is 6.47. The molecule has 3 atom stereocenters. The Bertz CT molecular complexity index is 983. The van der Waals surface area contributed by atoms with Crippen molar-refractivity contribution in [3.63, 3.8) is 0 Å². The Morgan fingerprint density at radius 2 is 1.91 bits per heavy atom. The number of anilines is 3. The molecule has 3 aliphatic rings. The van der Waals surface area contributed by atoms with Crippen LogP contribution >= 0.6 is 11.6 Å². The van der Waals surface area contributed by atoms with Crippen LogP contribution in [0.1, 0.15) is 38.5 Å². The zero-order valence-electron chi connectivity index (χ0n) is 19.6. The molecule has 0 radical (unpaired) electrons. The van der Waals surface area contributed by atoms with Crippen molar-refractivity contribution in [2.24, 2.45) is 11.8 Å². The Labute approximate surface area is 200 Å². The number of fused-ring (bicyclic) bond motifs is 2. The van der Waals surface area contributed by atoms with Crippen LogP contribution in [0.5, 0.6) is 11.8 Å². The van der Waals surface area contributed by atoms with E-state index in [2.05, 4.69) is 22.2 Å². The second kappa shape index (κ2) is 9.50. The number of hydrogen-bond donors (Lipinski definition) is 1. The molecule has 3 fully saturated rings. The summed E-state index contributed by atoms with van der Waals surface area (Å²) in [6, 6.07) is 6.38. The van der Waals surface area contributed by atoms with Crippen LogP contribution < -0.4 is 19.7 Å². The maximum atomic E-state index is 6.37. The van der Waals surface area contributed by atoms with Crippen LogP contribution in [-0.2, 0) is 0 Å². The largest absolute Gasteiger partial charge is 0.495 e. The molecule has 33 heavy (non-hydrogen) atoms. The first-order valence-corrected chi connectivity index (χ1v) is 12.3. The summed E-state index contributed by atoms with van der Waals surface area (Å²) < 4.78 is 11.6. The topological polar surface area (TPSA) is 75.6 Å². The average molecular weight is 473 g/mol. The summed E-state index contributed by atoms with van der Waals surface area (Å²) in [5.41, 5.74) is 0.864. The fraction of sp³-hybridized carbons (Fsp3) is 0.625. The molecular formula is C24H33ClN6O2. The minimum atomic E-state index is 0.205. The van der Waals surface area contributed by atoms with Crippen LogP contribution in [0.3, 0.4) is 0 Å². The van der Waals surface area contributed by atoms with Gasteiger partial charge in [0.1, 0.15) is 11.9 Å². The van der Waals surface area contributed by atoms with Gasteiger partial charge in [-0.05, 0) is 88.7 Å². The second-order valence-electron chi connectivity index (χ2n) is 9.67.